The standard InChI is InChI=1S/C26H23F3N3OS3/c1-4-32-17(2)24(25-30(3)20-14-19(33-26(27,28)29)10-11-21(20)35-25)36-23(32)15-22-31(12-13-34-22)16-18-8-6-5-7-9-18/h5-15H,2,4,16H2,1,3H3/q+1. The van der Waals surface area contributed by atoms with Crippen molar-refractivity contribution in [2.75, 3.05) is 18.5 Å². The number of benzene rings is 2. The maximum absolute atomic E-state index is 12.7. The van der Waals surface area contributed by atoms with Crippen LogP contribution in [0.3, 0.4) is 0 Å². The SMILES string of the molecule is C=C1C(=C2Sc3ccc(OC(F)(F)F)cc3N2C)SC(=Cc2scc[n+]2Cc2ccccc2)N1CC. The maximum Gasteiger partial charge on any atom is 0.573 e. The molecule has 0 aliphatic carbocycles. The quantitative estimate of drug-likeness (QED) is 0.313. The summed E-state index contributed by atoms with van der Waals surface area (Å²) in [7, 11) is 1.86. The van der Waals surface area contributed by atoms with Crippen LogP contribution in [-0.2, 0) is 6.54 Å². The molecule has 10 heteroatoms. The van der Waals surface area contributed by atoms with E-state index in [1.165, 1.54) is 29.5 Å². The summed E-state index contributed by atoms with van der Waals surface area (Å²) in [5.74, 6) is -0.228. The molecule has 3 heterocycles. The summed E-state index contributed by atoms with van der Waals surface area (Å²) in [4.78, 5) is 5.96. The van der Waals surface area contributed by atoms with Gasteiger partial charge >= 0.3 is 6.36 Å². The number of alkyl halides is 3. The number of ether oxygens (including phenoxy) is 1. The molecule has 1 saturated heterocycles. The summed E-state index contributed by atoms with van der Waals surface area (Å²) in [5, 5.41) is 5.22. The first-order valence-electron chi connectivity index (χ1n) is 11.2. The van der Waals surface area contributed by atoms with Crippen LogP contribution >= 0.6 is 34.9 Å². The summed E-state index contributed by atoms with van der Waals surface area (Å²) in [6, 6.07) is 14.8. The number of nitrogens with zero attached hydrogens (tertiary/aromatic N) is 3. The highest BCUT2D eigenvalue weighted by Gasteiger charge is 2.36. The Labute approximate surface area is 220 Å². The lowest BCUT2D eigenvalue weighted by Crippen LogP contribution is -2.34. The first-order valence-corrected chi connectivity index (χ1v) is 13.7. The molecule has 1 fully saturated rings. The molecule has 4 nitrogen and oxygen atoms in total. The second kappa shape index (κ2) is 9.91. The lowest BCUT2D eigenvalue weighted by atomic mass is 10.2. The number of hydrogen-bond donors (Lipinski definition) is 0. The van der Waals surface area contributed by atoms with E-state index in [9.17, 15) is 13.2 Å². The molecule has 2 aromatic carbocycles. The van der Waals surface area contributed by atoms with Gasteiger partial charge in [0.25, 0.3) is 5.01 Å². The first kappa shape index (κ1) is 24.9. The Bertz CT molecular complexity index is 1370. The number of rotatable bonds is 5. The third kappa shape index (κ3) is 5.02. The Kier molecular flexibility index (Phi) is 6.84. The van der Waals surface area contributed by atoms with E-state index in [1.807, 2.05) is 30.1 Å². The van der Waals surface area contributed by atoms with Gasteiger partial charge in [-0.2, -0.15) is 4.57 Å². The number of halogens is 3. The van der Waals surface area contributed by atoms with Gasteiger partial charge in [0.15, 0.2) is 12.7 Å². The lowest BCUT2D eigenvalue weighted by molar-refractivity contribution is -0.685. The number of aromatic nitrogens is 1. The molecule has 0 bridgehead atoms. The fourth-order valence-corrected chi connectivity index (χ4v) is 7.45. The molecule has 0 spiro atoms. The monoisotopic (exact) mass is 546 g/mol. The minimum absolute atomic E-state index is 0.228. The van der Waals surface area contributed by atoms with Crippen molar-refractivity contribution in [2.24, 2.45) is 0 Å². The zero-order chi connectivity index (χ0) is 25.4. The van der Waals surface area contributed by atoms with Crippen molar-refractivity contribution in [2.45, 2.75) is 24.7 Å². The largest absolute Gasteiger partial charge is 0.573 e. The number of hydrogen-bond acceptors (Lipinski definition) is 6. The predicted molar refractivity (Wildman–Crippen MR) is 142 cm³/mol. The van der Waals surface area contributed by atoms with Crippen molar-refractivity contribution in [3.8, 4) is 5.75 Å². The highest BCUT2D eigenvalue weighted by molar-refractivity contribution is 8.09. The van der Waals surface area contributed by atoms with Crippen molar-refractivity contribution >= 4 is 46.6 Å². The van der Waals surface area contributed by atoms with Crippen LogP contribution in [0.5, 0.6) is 5.75 Å². The zero-order valence-corrected chi connectivity index (χ0v) is 22.0. The molecule has 0 radical (unpaired) electrons. The van der Waals surface area contributed by atoms with E-state index in [1.54, 1.807) is 29.2 Å². The average Bonchev–Trinajstić information content (AvgIpc) is 3.50. The second-order valence-corrected chi connectivity index (χ2v) is 11.1. The average molecular weight is 547 g/mol. The van der Waals surface area contributed by atoms with Crippen LogP contribution in [0.2, 0.25) is 0 Å². The lowest BCUT2D eigenvalue weighted by Gasteiger charge is -2.19. The Morgan fingerprint density at radius 2 is 1.89 bits per heavy atom. The van der Waals surface area contributed by atoms with Gasteiger partial charge in [0.05, 0.1) is 37.8 Å². The van der Waals surface area contributed by atoms with Crippen molar-refractivity contribution in [1.82, 2.24) is 4.90 Å². The zero-order valence-electron chi connectivity index (χ0n) is 19.6. The van der Waals surface area contributed by atoms with Gasteiger partial charge in [-0.05, 0) is 19.1 Å². The molecule has 186 valence electrons. The number of thioether (sulfide) groups is 2. The normalized spacial score (nSPS) is 18.9. The fraction of sp³-hybridized carbons (Fsp3) is 0.192. The minimum Gasteiger partial charge on any atom is -0.406 e. The van der Waals surface area contributed by atoms with Crippen LogP contribution in [-0.4, -0.2) is 24.9 Å². The Balaban J connectivity index is 1.44. The summed E-state index contributed by atoms with van der Waals surface area (Å²) < 4.78 is 44.5. The van der Waals surface area contributed by atoms with Crippen molar-refractivity contribution in [1.29, 1.82) is 0 Å². The third-order valence-electron chi connectivity index (χ3n) is 5.76. The highest BCUT2D eigenvalue weighted by atomic mass is 32.2. The highest BCUT2D eigenvalue weighted by Crippen LogP contribution is 2.55. The predicted octanol–water partition coefficient (Wildman–Crippen LogP) is 7.27. The van der Waals surface area contributed by atoms with Crippen LogP contribution in [0.4, 0.5) is 18.9 Å². The molecule has 1 aromatic heterocycles. The Hall–Kier alpha value is -2.82. The number of thiazole rings is 1. The molecule has 2 aliphatic rings. The Morgan fingerprint density at radius 3 is 2.61 bits per heavy atom. The van der Waals surface area contributed by atoms with E-state index in [0.29, 0.717) is 5.69 Å². The van der Waals surface area contributed by atoms with E-state index in [2.05, 4.69) is 57.5 Å². The smallest absolute Gasteiger partial charge is 0.406 e. The van der Waals surface area contributed by atoms with Gasteiger partial charge in [-0.15, -0.1) is 13.2 Å². The van der Waals surface area contributed by atoms with Crippen LogP contribution in [0.25, 0.3) is 6.08 Å². The van der Waals surface area contributed by atoms with Crippen LogP contribution in [0, 0.1) is 0 Å². The van der Waals surface area contributed by atoms with Gasteiger partial charge in [-0.1, -0.05) is 71.8 Å². The molecule has 36 heavy (non-hydrogen) atoms. The van der Waals surface area contributed by atoms with E-state index in [-0.39, 0.29) is 5.75 Å². The molecule has 3 aromatic rings. The summed E-state index contributed by atoms with van der Waals surface area (Å²) >= 11 is 4.85. The van der Waals surface area contributed by atoms with Gasteiger partial charge in [0.1, 0.15) is 5.75 Å². The molecule has 5 rings (SSSR count). The number of fused-ring (bicyclic) bond motifs is 1. The molecule has 0 atom stereocenters. The molecule has 0 N–H and O–H groups in total. The van der Waals surface area contributed by atoms with Gasteiger partial charge in [0.2, 0.25) is 0 Å². The van der Waals surface area contributed by atoms with Gasteiger partial charge in [-0.3, -0.25) is 0 Å². The maximum atomic E-state index is 12.7. The van der Waals surface area contributed by atoms with Crippen LogP contribution in [0.15, 0.2) is 92.2 Å². The van der Waals surface area contributed by atoms with Crippen molar-refractivity contribution in [3.05, 3.63) is 97.9 Å². The molecule has 0 saturated carbocycles. The summed E-state index contributed by atoms with van der Waals surface area (Å²) in [6.45, 7) is 7.98. The van der Waals surface area contributed by atoms with E-state index < -0.39 is 6.36 Å². The van der Waals surface area contributed by atoms with E-state index in [4.69, 9.17) is 0 Å². The second-order valence-electron chi connectivity index (χ2n) is 8.10. The number of likely N-dealkylation sites (N-methyl/N-ethyl adjacent to an activating group) is 1. The number of anilines is 1. The van der Waals surface area contributed by atoms with Gasteiger partial charge in [-0.25, -0.2) is 0 Å². The molecule has 0 amide bonds. The molecule has 0 unspecified atom stereocenters. The van der Waals surface area contributed by atoms with Crippen molar-refractivity contribution in [3.63, 3.8) is 0 Å². The first-order chi connectivity index (χ1) is 17.2. The minimum atomic E-state index is -4.73. The van der Waals surface area contributed by atoms with Gasteiger partial charge < -0.3 is 14.5 Å². The van der Waals surface area contributed by atoms with E-state index >= 15 is 0 Å². The van der Waals surface area contributed by atoms with Gasteiger partial charge in [0, 0.05) is 30.1 Å². The molecule has 2 aliphatic heterocycles. The van der Waals surface area contributed by atoms with Crippen LogP contribution < -0.4 is 14.2 Å². The summed E-state index contributed by atoms with van der Waals surface area (Å²) in [5.41, 5.74) is 2.79. The fourth-order valence-electron chi connectivity index (χ4n) is 4.07. The molecular formula is C26H23F3N3OS3+. The van der Waals surface area contributed by atoms with E-state index in [0.717, 1.165) is 43.7 Å². The third-order valence-corrected chi connectivity index (χ3v) is 9.16. The topological polar surface area (TPSA) is 19.6 Å². The van der Waals surface area contributed by atoms with Crippen LogP contribution in [0.1, 0.15) is 17.5 Å². The summed E-state index contributed by atoms with van der Waals surface area (Å²) in [6.07, 6.45) is -0.454. The van der Waals surface area contributed by atoms with Crippen molar-refractivity contribution < 1.29 is 22.5 Å². The molecular weight excluding hydrogens is 524 g/mol. The Morgan fingerprint density at radius 1 is 1.11 bits per heavy atom.